The number of nitrogens with one attached hydrogen (secondary N) is 1. The van der Waals surface area contributed by atoms with Crippen LogP contribution in [0.4, 0.5) is 0 Å². The molecule has 1 aromatic carbocycles. The second kappa shape index (κ2) is 5.24. The highest BCUT2D eigenvalue weighted by Crippen LogP contribution is 2.25. The second-order valence-electron chi connectivity index (χ2n) is 4.54. The van der Waals surface area contributed by atoms with Gasteiger partial charge in [0.25, 0.3) is 5.56 Å². The first-order chi connectivity index (χ1) is 10.2. The molecule has 0 amide bonds. The van der Waals surface area contributed by atoms with Crippen molar-refractivity contribution in [2.45, 2.75) is 13.5 Å². The van der Waals surface area contributed by atoms with Gasteiger partial charge < -0.3 is 14.7 Å². The normalized spacial score (nSPS) is 10.7. The van der Waals surface area contributed by atoms with Gasteiger partial charge in [0.2, 0.25) is 5.88 Å². The Morgan fingerprint density at radius 2 is 2.05 bits per heavy atom. The second-order valence-corrected chi connectivity index (χ2v) is 4.54. The van der Waals surface area contributed by atoms with Crippen LogP contribution in [0.3, 0.4) is 0 Å². The number of hydrogen-bond acceptors (Lipinski definition) is 4. The molecule has 21 heavy (non-hydrogen) atoms. The summed E-state index contributed by atoms with van der Waals surface area (Å²) in [6, 6.07) is 8.95. The first kappa shape index (κ1) is 13.1. The van der Waals surface area contributed by atoms with E-state index < -0.39 is 0 Å². The number of aryl methyl sites for hydroxylation is 1. The van der Waals surface area contributed by atoms with Gasteiger partial charge in [0.1, 0.15) is 11.3 Å². The predicted octanol–water partition coefficient (Wildman–Crippen LogP) is 2.03. The standard InChI is InChI=1S/C15H14N4O2/c1-2-19-9-16-8-11(19)13-17-14(20)12(15(21)18-13)10-6-4-3-5-7-10/h3-9H,2H2,1H3,(H2,17,18,20,21). The van der Waals surface area contributed by atoms with E-state index in [1.54, 1.807) is 36.8 Å². The number of aromatic nitrogens is 4. The lowest BCUT2D eigenvalue weighted by Gasteiger charge is -2.07. The summed E-state index contributed by atoms with van der Waals surface area (Å²) in [5, 5.41) is 10.1. The van der Waals surface area contributed by atoms with Crippen LogP contribution in [0.15, 0.2) is 47.7 Å². The van der Waals surface area contributed by atoms with E-state index in [-0.39, 0.29) is 17.0 Å². The van der Waals surface area contributed by atoms with E-state index in [1.165, 1.54) is 0 Å². The molecule has 0 fully saturated rings. The zero-order valence-electron chi connectivity index (χ0n) is 11.4. The van der Waals surface area contributed by atoms with Gasteiger partial charge in [-0.3, -0.25) is 4.79 Å². The van der Waals surface area contributed by atoms with Gasteiger partial charge >= 0.3 is 0 Å². The van der Waals surface area contributed by atoms with E-state index in [9.17, 15) is 9.90 Å². The average molecular weight is 282 g/mol. The number of imidazole rings is 1. The number of aromatic hydroxyl groups is 1. The molecule has 2 heterocycles. The molecule has 2 N–H and O–H groups in total. The quantitative estimate of drug-likeness (QED) is 0.769. The first-order valence-corrected chi connectivity index (χ1v) is 6.60. The van der Waals surface area contributed by atoms with Crippen molar-refractivity contribution >= 4 is 0 Å². The lowest BCUT2D eigenvalue weighted by atomic mass is 10.1. The summed E-state index contributed by atoms with van der Waals surface area (Å²) < 4.78 is 1.83. The van der Waals surface area contributed by atoms with Crippen molar-refractivity contribution < 1.29 is 5.11 Å². The molecule has 0 bridgehead atoms. The predicted molar refractivity (Wildman–Crippen MR) is 78.9 cm³/mol. The summed E-state index contributed by atoms with van der Waals surface area (Å²) in [5.41, 5.74) is 1.07. The van der Waals surface area contributed by atoms with Crippen LogP contribution in [0, 0.1) is 0 Å². The van der Waals surface area contributed by atoms with Gasteiger partial charge in [-0.05, 0) is 12.5 Å². The minimum Gasteiger partial charge on any atom is -0.493 e. The third-order valence-corrected chi connectivity index (χ3v) is 3.26. The Morgan fingerprint density at radius 1 is 1.29 bits per heavy atom. The van der Waals surface area contributed by atoms with Crippen LogP contribution in [0.25, 0.3) is 22.6 Å². The summed E-state index contributed by atoms with van der Waals surface area (Å²) >= 11 is 0. The SMILES string of the molecule is CCn1cncc1-c1nc(O)c(-c2ccccc2)c(=O)[nH]1. The van der Waals surface area contributed by atoms with Crippen LogP contribution in [-0.4, -0.2) is 24.6 Å². The fourth-order valence-electron chi connectivity index (χ4n) is 2.22. The molecule has 0 saturated heterocycles. The highest BCUT2D eigenvalue weighted by Gasteiger charge is 2.15. The number of rotatable bonds is 3. The largest absolute Gasteiger partial charge is 0.493 e. The van der Waals surface area contributed by atoms with Crippen molar-refractivity contribution in [3.05, 3.63) is 53.2 Å². The van der Waals surface area contributed by atoms with E-state index in [0.29, 0.717) is 23.6 Å². The summed E-state index contributed by atoms with van der Waals surface area (Å²) in [4.78, 5) is 23.1. The van der Waals surface area contributed by atoms with Crippen LogP contribution >= 0.6 is 0 Å². The first-order valence-electron chi connectivity index (χ1n) is 6.60. The molecule has 0 spiro atoms. The van der Waals surface area contributed by atoms with Crippen LogP contribution in [0.5, 0.6) is 5.88 Å². The molecule has 106 valence electrons. The zero-order chi connectivity index (χ0) is 14.8. The Morgan fingerprint density at radius 3 is 2.71 bits per heavy atom. The summed E-state index contributed by atoms with van der Waals surface area (Å²) in [7, 11) is 0. The van der Waals surface area contributed by atoms with Gasteiger partial charge in [-0.25, -0.2) is 4.98 Å². The van der Waals surface area contributed by atoms with Gasteiger partial charge in [-0.1, -0.05) is 30.3 Å². The Hall–Kier alpha value is -2.89. The maximum absolute atomic E-state index is 12.3. The lowest BCUT2D eigenvalue weighted by Crippen LogP contribution is -2.13. The molecule has 0 aliphatic rings. The molecule has 0 aliphatic carbocycles. The molecule has 0 aliphatic heterocycles. The van der Waals surface area contributed by atoms with E-state index >= 15 is 0 Å². The molecule has 0 atom stereocenters. The van der Waals surface area contributed by atoms with Crippen LogP contribution in [-0.2, 0) is 6.54 Å². The topological polar surface area (TPSA) is 83.8 Å². The third kappa shape index (κ3) is 2.31. The molecule has 3 rings (SSSR count). The van der Waals surface area contributed by atoms with Crippen LogP contribution in [0.2, 0.25) is 0 Å². The zero-order valence-corrected chi connectivity index (χ0v) is 11.4. The minimum absolute atomic E-state index is 0.168. The summed E-state index contributed by atoms with van der Waals surface area (Å²) in [6.45, 7) is 2.65. The Kier molecular flexibility index (Phi) is 3.27. The number of H-pyrrole nitrogens is 1. The highest BCUT2D eigenvalue weighted by atomic mass is 16.3. The fourth-order valence-corrected chi connectivity index (χ4v) is 2.22. The molecule has 6 heteroatoms. The number of hydrogen-bond donors (Lipinski definition) is 2. The van der Waals surface area contributed by atoms with E-state index in [2.05, 4.69) is 15.0 Å². The number of benzene rings is 1. The van der Waals surface area contributed by atoms with Crippen LogP contribution < -0.4 is 5.56 Å². The van der Waals surface area contributed by atoms with Gasteiger partial charge in [-0.15, -0.1) is 0 Å². The summed E-state index contributed by atoms with van der Waals surface area (Å²) in [6.07, 6.45) is 3.25. The highest BCUT2D eigenvalue weighted by molar-refractivity contribution is 5.68. The molecular weight excluding hydrogens is 268 g/mol. The van der Waals surface area contributed by atoms with Crippen molar-refractivity contribution in [1.82, 2.24) is 19.5 Å². The monoisotopic (exact) mass is 282 g/mol. The van der Waals surface area contributed by atoms with Gasteiger partial charge in [0.05, 0.1) is 12.5 Å². The van der Waals surface area contributed by atoms with E-state index in [1.807, 2.05) is 17.6 Å². The summed E-state index contributed by atoms with van der Waals surface area (Å²) in [5.74, 6) is 0.0142. The smallest absolute Gasteiger partial charge is 0.262 e. The Labute approximate surface area is 120 Å². The maximum atomic E-state index is 12.3. The number of nitrogens with zero attached hydrogens (tertiary/aromatic N) is 3. The third-order valence-electron chi connectivity index (χ3n) is 3.26. The van der Waals surface area contributed by atoms with E-state index in [0.717, 1.165) is 0 Å². The van der Waals surface area contributed by atoms with Crippen molar-refractivity contribution in [2.24, 2.45) is 0 Å². The molecule has 3 aromatic rings. The van der Waals surface area contributed by atoms with Gasteiger partial charge in [0, 0.05) is 6.54 Å². The molecule has 2 aromatic heterocycles. The Balaban J connectivity index is 2.15. The fraction of sp³-hybridized carbons (Fsp3) is 0.133. The minimum atomic E-state index is -0.382. The van der Waals surface area contributed by atoms with Crippen molar-refractivity contribution in [3.63, 3.8) is 0 Å². The molecule has 0 radical (unpaired) electrons. The van der Waals surface area contributed by atoms with E-state index in [4.69, 9.17) is 0 Å². The molecule has 0 unspecified atom stereocenters. The van der Waals surface area contributed by atoms with Gasteiger partial charge in [0.15, 0.2) is 5.82 Å². The Bertz CT molecular complexity index is 821. The lowest BCUT2D eigenvalue weighted by molar-refractivity contribution is 0.454. The molecule has 0 saturated carbocycles. The van der Waals surface area contributed by atoms with Gasteiger partial charge in [-0.2, -0.15) is 4.98 Å². The molecule has 6 nitrogen and oxygen atoms in total. The van der Waals surface area contributed by atoms with Crippen molar-refractivity contribution in [2.75, 3.05) is 0 Å². The number of aromatic amines is 1. The van der Waals surface area contributed by atoms with Crippen molar-refractivity contribution in [1.29, 1.82) is 0 Å². The van der Waals surface area contributed by atoms with Crippen LogP contribution in [0.1, 0.15) is 6.92 Å². The molecular formula is C15H14N4O2. The maximum Gasteiger partial charge on any atom is 0.262 e. The average Bonchev–Trinajstić information content (AvgIpc) is 2.96. The van der Waals surface area contributed by atoms with Crippen molar-refractivity contribution in [3.8, 4) is 28.5 Å².